The molecule has 1 atom stereocenters. The zero-order valence-corrected chi connectivity index (χ0v) is 9.16. The van der Waals surface area contributed by atoms with E-state index in [0.29, 0.717) is 5.76 Å². The lowest BCUT2D eigenvalue weighted by Crippen LogP contribution is -2.30. The van der Waals surface area contributed by atoms with Crippen LogP contribution in [-0.2, 0) is 0 Å². The molecule has 2 heterocycles. The number of furan rings is 2. The van der Waals surface area contributed by atoms with Crippen molar-refractivity contribution in [3.05, 3.63) is 48.3 Å². The molecule has 0 aromatic carbocycles. The number of hydrogen-bond donors (Lipinski definition) is 0. The highest BCUT2D eigenvalue weighted by Gasteiger charge is 2.25. The first-order valence-electron chi connectivity index (χ1n) is 4.97. The van der Waals surface area contributed by atoms with Crippen molar-refractivity contribution >= 4 is 5.91 Å². The Morgan fingerprint density at radius 1 is 1.35 bits per heavy atom. The lowest BCUT2D eigenvalue weighted by Gasteiger charge is -2.19. The Kier molecular flexibility index (Phi) is 2.97. The monoisotopic (exact) mass is 230 g/mol. The second kappa shape index (κ2) is 4.58. The molecular weight excluding hydrogens is 220 g/mol. The van der Waals surface area contributed by atoms with Crippen LogP contribution < -0.4 is 0 Å². The molecular formula is C12H10N2O3. The van der Waals surface area contributed by atoms with E-state index < -0.39 is 6.04 Å². The topological polar surface area (TPSA) is 70.4 Å². The number of hydrogen-bond acceptors (Lipinski definition) is 4. The Labute approximate surface area is 97.9 Å². The molecule has 5 heteroatoms. The quantitative estimate of drug-likeness (QED) is 0.810. The first-order valence-corrected chi connectivity index (χ1v) is 4.97. The van der Waals surface area contributed by atoms with E-state index in [-0.39, 0.29) is 11.7 Å². The standard InChI is InChI=1S/C12H10N2O3/c1-14(12(15)11-5-3-7-17-11)9(8-13)10-4-2-6-16-10/h2-7,9H,1H3. The third kappa shape index (κ3) is 2.06. The minimum absolute atomic E-state index is 0.194. The summed E-state index contributed by atoms with van der Waals surface area (Å²) in [6, 6.07) is 7.75. The highest BCUT2D eigenvalue weighted by atomic mass is 16.3. The molecule has 2 aromatic heterocycles. The van der Waals surface area contributed by atoms with Gasteiger partial charge in [0, 0.05) is 7.05 Å². The molecule has 0 aliphatic heterocycles. The second-order valence-corrected chi connectivity index (χ2v) is 3.44. The lowest BCUT2D eigenvalue weighted by molar-refractivity contribution is 0.0718. The van der Waals surface area contributed by atoms with Crippen LogP contribution >= 0.6 is 0 Å². The second-order valence-electron chi connectivity index (χ2n) is 3.44. The molecule has 0 aliphatic rings. The number of amides is 1. The summed E-state index contributed by atoms with van der Waals surface area (Å²) in [5.41, 5.74) is 0. The third-order valence-corrected chi connectivity index (χ3v) is 2.37. The molecule has 0 N–H and O–H groups in total. The largest absolute Gasteiger partial charge is 0.466 e. The van der Waals surface area contributed by atoms with Crippen LogP contribution in [0.25, 0.3) is 0 Å². The maximum atomic E-state index is 11.9. The van der Waals surface area contributed by atoms with Gasteiger partial charge in [-0.15, -0.1) is 0 Å². The van der Waals surface area contributed by atoms with E-state index in [1.165, 1.54) is 24.5 Å². The smallest absolute Gasteiger partial charge is 0.290 e. The Morgan fingerprint density at radius 3 is 2.59 bits per heavy atom. The van der Waals surface area contributed by atoms with Crippen LogP contribution in [-0.4, -0.2) is 17.9 Å². The van der Waals surface area contributed by atoms with Crippen molar-refractivity contribution in [3.8, 4) is 6.07 Å². The average Bonchev–Trinajstić information content (AvgIpc) is 3.01. The number of nitrogens with zero attached hydrogens (tertiary/aromatic N) is 2. The summed E-state index contributed by atoms with van der Waals surface area (Å²) in [6.07, 6.45) is 2.88. The predicted octanol–water partition coefficient (Wildman–Crippen LogP) is 2.21. The molecule has 0 aliphatic carbocycles. The molecule has 0 spiro atoms. The molecule has 0 bridgehead atoms. The lowest BCUT2D eigenvalue weighted by atomic mass is 10.2. The van der Waals surface area contributed by atoms with Gasteiger partial charge in [-0.1, -0.05) is 0 Å². The van der Waals surface area contributed by atoms with Gasteiger partial charge in [-0.2, -0.15) is 5.26 Å². The van der Waals surface area contributed by atoms with E-state index >= 15 is 0 Å². The number of nitriles is 1. The summed E-state index contributed by atoms with van der Waals surface area (Å²) in [7, 11) is 1.53. The Balaban J connectivity index is 2.22. The number of rotatable bonds is 3. The molecule has 0 saturated heterocycles. The van der Waals surface area contributed by atoms with Crippen molar-refractivity contribution in [3.63, 3.8) is 0 Å². The SMILES string of the molecule is CN(C(=O)c1ccco1)C(C#N)c1ccco1. The molecule has 1 amide bonds. The molecule has 17 heavy (non-hydrogen) atoms. The van der Waals surface area contributed by atoms with Gasteiger partial charge in [0.1, 0.15) is 5.76 Å². The summed E-state index contributed by atoms with van der Waals surface area (Å²) >= 11 is 0. The fourth-order valence-corrected chi connectivity index (χ4v) is 1.48. The summed E-state index contributed by atoms with van der Waals surface area (Å²) in [6.45, 7) is 0. The van der Waals surface area contributed by atoms with Gasteiger partial charge >= 0.3 is 0 Å². The van der Waals surface area contributed by atoms with E-state index in [9.17, 15) is 4.79 Å². The van der Waals surface area contributed by atoms with E-state index in [1.54, 1.807) is 24.3 Å². The van der Waals surface area contributed by atoms with E-state index in [1.807, 2.05) is 6.07 Å². The Bertz CT molecular complexity index is 523. The van der Waals surface area contributed by atoms with Crippen LogP contribution in [0.3, 0.4) is 0 Å². The van der Waals surface area contributed by atoms with Crippen molar-refractivity contribution < 1.29 is 13.6 Å². The van der Waals surface area contributed by atoms with E-state index in [4.69, 9.17) is 14.1 Å². The zero-order valence-electron chi connectivity index (χ0n) is 9.16. The number of carbonyl (C=O) groups is 1. The molecule has 5 nitrogen and oxygen atoms in total. The van der Waals surface area contributed by atoms with Crippen LogP contribution in [0, 0.1) is 11.3 Å². The first-order chi connectivity index (χ1) is 8.24. The zero-order chi connectivity index (χ0) is 12.3. The van der Waals surface area contributed by atoms with Crippen LogP contribution in [0.15, 0.2) is 45.6 Å². The molecule has 0 radical (unpaired) electrons. The van der Waals surface area contributed by atoms with Crippen molar-refractivity contribution in [2.75, 3.05) is 7.05 Å². The van der Waals surface area contributed by atoms with E-state index in [0.717, 1.165) is 0 Å². The van der Waals surface area contributed by atoms with Crippen LogP contribution in [0.5, 0.6) is 0 Å². The maximum absolute atomic E-state index is 11.9. The van der Waals surface area contributed by atoms with Gasteiger partial charge in [-0.05, 0) is 24.3 Å². The summed E-state index contributed by atoms with van der Waals surface area (Å²) < 4.78 is 10.1. The van der Waals surface area contributed by atoms with Crippen LogP contribution in [0.4, 0.5) is 0 Å². The summed E-state index contributed by atoms with van der Waals surface area (Å²) in [5, 5.41) is 9.08. The highest BCUT2D eigenvalue weighted by Crippen LogP contribution is 2.21. The maximum Gasteiger partial charge on any atom is 0.290 e. The first kappa shape index (κ1) is 11.0. The Hall–Kier alpha value is -2.48. The Morgan fingerprint density at radius 2 is 2.06 bits per heavy atom. The van der Waals surface area contributed by atoms with Crippen molar-refractivity contribution in [1.29, 1.82) is 5.26 Å². The van der Waals surface area contributed by atoms with Crippen LogP contribution in [0.1, 0.15) is 22.4 Å². The normalized spacial score (nSPS) is 11.8. The van der Waals surface area contributed by atoms with Crippen LogP contribution in [0.2, 0.25) is 0 Å². The number of carbonyl (C=O) groups excluding carboxylic acids is 1. The minimum Gasteiger partial charge on any atom is -0.466 e. The summed E-state index contributed by atoms with van der Waals surface area (Å²) in [5.74, 6) is 0.257. The van der Waals surface area contributed by atoms with Gasteiger partial charge in [0.25, 0.3) is 5.91 Å². The molecule has 2 rings (SSSR count). The third-order valence-electron chi connectivity index (χ3n) is 2.37. The van der Waals surface area contributed by atoms with Gasteiger partial charge in [-0.25, -0.2) is 0 Å². The molecule has 2 aromatic rings. The fourth-order valence-electron chi connectivity index (χ4n) is 1.48. The minimum atomic E-state index is -0.761. The van der Waals surface area contributed by atoms with Gasteiger partial charge < -0.3 is 13.7 Å². The highest BCUT2D eigenvalue weighted by molar-refractivity contribution is 5.91. The fraction of sp³-hybridized carbons (Fsp3) is 0.167. The molecule has 1 unspecified atom stereocenters. The molecule has 86 valence electrons. The molecule has 0 saturated carbocycles. The summed E-state index contributed by atoms with van der Waals surface area (Å²) in [4.78, 5) is 13.2. The van der Waals surface area contributed by atoms with Gasteiger partial charge in [0.2, 0.25) is 0 Å². The van der Waals surface area contributed by atoms with Gasteiger partial charge in [0.05, 0.1) is 18.6 Å². The van der Waals surface area contributed by atoms with Crippen molar-refractivity contribution in [2.45, 2.75) is 6.04 Å². The van der Waals surface area contributed by atoms with Crippen molar-refractivity contribution in [2.24, 2.45) is 0 Å². The predicted molar refractivity (Wildman–Crippen MR) is 57.9 cm³/mol. The molecule has 0 fully saturated rings. The van der Waals surface area contributed by atoms with Gasteiger partial charge in [-0.3, -0.25) is 4.79 Å². The average molecular weight is 230 g/mol. The van der Waals surface area contributed by atoms with E-state index in [2.05, 4.69) is 0 Å². The van der Waals surface area contributed by atoms with Gasteiger partial charge in [0.15, 0.2) is 11.8 Å². The van der Waals surface area contributed by atoms with Crippen molar-refractivity contribution in [1.82, 2.24) is 4.90 Å².